The fourth-order valence-electron chi connectivity index (χ4n) is 1.84. The summed E-state index contributed by atoms with van der Waals surface area (Å²) in [6.07, 6.45) is -2.35. The molecule has 1 saturated heterocycles. The van der Waals surface area contributed by atoms with Crippen molar-refractivity contribution in [3.63, 3.8) is 0 Å². The van der Waals surface area contributed by atoms with E-state index in [1.807, 2.05) is 11.8 Å². The highest BCUT2D eigenvalue weighted by atomic mass is 32.2. The number of hydrogen-bond donors (Lipinski definition) is 1. The topological polar surface area (TPSA) is 21.3 Å². The third-order valence-electron chi connectivity index (χ3n) is 2.62. The van der Waals surface area contributed by atoms with Crippen LogP contribution in [0.3, 0.4) is 0 Å². The maximum atomic E-state index is 12.0. The summed E-state index contributed by atoms with van der Waals surface area (Å²) >= 11 is 1.90. The van der Waals surface area contributed by atoms with Crippen LogP contribution >= 0.6 is 11.8 Å². The molecule has 0 amide bonds. The van der Waals surface area contributed by atoms with E-state index in [1.54, 1.807) is 12.1 Å². The molecule has 100 valence electrons. The monoisotopic (exact) mass is 277 g/mol. The van der Waals surface area contributed by atoms with Crippen LogP contribution < -0.4 is 10.1 Å². The second kappa shape index (κ2) is 5.73. The molecule has 0 radical (unpaired) electrons. The summed E-state index contributed by atoms with van der Waals surface area (Å²) in [4.78, 5) is 0. The fourth-order valence-corrected chi connectivity index (χ4v) is 2.92. The van der Waals surface area contributed by atoms with Crippen LogP contribution in [0.4, 0.5) is 18.9 Å². The Morgan fingerprint density at radius 1 is 1.22 bits per heavy atom. The zero-order valence-electron chi connectivity index (χ0n) is 9.67. The Labute approximate surface area is 108 Å². The minimum atomic E-state index is -4.63. The number of thioether (sulfide) groups is 1. The van der Waals surface area contributed by atoms with E-state index in [9.17, 15) is 13.2 Å². The molecule has 1 N–H and O–H groups in total. The van der Waals surface area contributed by atoms with Crippen LogP contribution in [-0.2, 0) is 0 Å². The van der Waals surface area contributed by atoms with E-state index in [-0.39, 0.29) is 5.75 Å². The third-order valence-corrected chi connectivity index (χ3v) is 3.83. The van der Waals surface area contributed by atoms with Crippen LogP contribution in [0.1, 0.15) is 12.8 Å². The van der Waals surface area contributed by atoms with E-state index >= 15 is 0 Å². The zero-order chi connectivity index (χ0) is 13.0. The van der Waals surface area contributed by atoms with Crippen molar-refractivity contribution in [1.29, 1.82) is 0 Å². The summed E-state index contributed by atoms with van der Waals surface area (Å²) in [6, 6.07) is 6.27. The molecule has 1 aliphatic rings. The van der Waals surface area contributed by atoms with Crippen LogP contribution in [0.5, 0.6) is 5.75 Å². The standard InChI is InChI=1S/C12H14F3NOS/c13-12(14,15)17-11-5-3-9(4-6-11)16-10-2-1-7-18-8-10/h3-6,10,16H,1-2,7-8H2. The second-order valence-electron chi connectivity index (χ2n) is 4.13. The molecule has 1 aromatic carbocycles. The van der Waals surface area contributed by atoms with E-state index in [0.29, 0.717) is 6.04 Å². The molecule has 0 aliphatic carbocycles. The molecule has 0 aromatic heterocycles. The maximum absolute atomic E-state index is 12.0. The van der Waals surface area contributed by atoms with Crippen molar-refractivity contribution in [2.24, 2.45) is 0 Å². The van der Waals surface area contributed by atoms with E-state index in [0.717, 1.165) is 17.9 Å². The lowest BCUT2D eigenvalue weighted by atomic mass is 10.1. The quantitative estimate of drug-likeness (QED) is 0.905. The third kappa shape index (κ3) is 4.33. The van der Waals surface area contributed by atoms with Crippen molar-refractivity contribution in [3.8, 4) is 5.75 Å². The van der Waals surface area contributed by atoms with Gasteiger partial charge in [0.1, 0.15) is 5.75 Å². The number of rotatable bonds is 3. The number of alkyl halides is 3. The van der Waals surface area contributed by atoms with Crippen molar-refractivity contribution >= 4 is 17.4 Å². The molecular weight excluding hydrogens is 263 g/mol. The van der Waals surface area contributed by atoms with Crippen LogP contribution in [0.2, 0.25) is 0 Å². The van der Waals surface area contributed by atoms with Gasteiger partial charge in [0.15, 0.2) is 0 Å². The normalized spacial score (nSPS) is 20.5. The molecule has 1 fully saturated rings. The molecular formula is C12H14F3NOS. The van der Waals surface area contributed by atoms with E-state index in [4.69, 9.17) is 0 Å². The van der Waals surface area contributed by atoms with Gasteiger partial charge in [0.2, 0.25) is 0 Å². The lowest BCUT2D eigenvalue weighted by Gasteiger charge is -2.23. The minimum Gasteiger partial charge on any atom is -0.406 e. The van der Waals surface area contributed by atoms with Crippen LogP contribution in [0.25, 0.3) is 0 Å². The number of anilines is 1. The number of halogens is 3. The molecule has 18 heavy (non-hydrogen) atoms. The predicted molar refractivity (Wildman–Crippen MR) is 67.1 cm³/mol. The molecule has 1 heterocycles. The predicted octanol–water partition coefficient (Wildman–Crippen LogP) is 3.89. The van der Waals surface area contributed by atoms with Gasteiger partial charge in [-0.05, 0) is 42.9 Å². The van der Waals surface area contributed by atoms with Crippen molar-refractivity contribution in [3.05, 3.63) is 24.3 Å². The summed E-state index contributed by atoms with van der Waals surface area (Å²) in [5.74, 6) is 2.04. The first kappa shape index (κ1) is 13.4. The Balaban J connectivity index is 1.90. The van der Waals surface area contributed by atoms with Crippen LogP contribution in [0.15, 0.2) is 24.3 Å². The van der Waals surface area contributed by atoms with E-state index < -0.39 is 6.36 Å². The average Bonchev–Trinajstić information content (AvgIpc) is 2.31. The average molecular weight is 277 g/mol. The first-order valence-electron chi connectivity index (χ1n) is 5.73. The molecule has 0 saturated carbocycles. The SMILES string of the molecule is FC(F)(F)Oc1ccc(NC2CCCSC2)cc1. The number of hydrogen-bond acceptors (Lipinski definition) is 3. The summed E-state index contributed by atoms with van der Waals surface area (Å²) in [5.41, 5.74) is 0.831. The van der Waals surface area contributed by atoms with Crippen molar-refractivity contribution in [2.45, 2.75) is 25.2 Å². The Morgan fingerprint density at radius 3 is 2.50 bits per heavy atom. The first-order chi connectivity index (χ1) is 8.53. The molecule has 0 bridgehead atoms. The van der Waals surface area contributed by atoms with Crippen LogP contribution in [0, 0.1) is 0 Å². The van der Waals surface area contributed by atoms with Crippen LogP contribution in [-0.4, -0.2) is 23.9 Å². The number of benzene rings is 1. The lowest BCUT2D eigenvalue weighted by Crippen LogP contribution is -2.25. The summed E-state index contributed by atoms with van der Waals surface area (Å²) < 4.78 is 39.7. The maximum Gasteiger partial charge on any atom is 0.573 e. The number of ether oxygens (including phenoxy) is 1. The minimum absolute atomic E-state index is 0.189. The van der Waals surface area contributed by atoms with Gasteiger partial charge < -0.3 is 10.1 Å². The Bertz CT molecular complexity index is 374. The smallest absolute Gasteiger partial charge is 0.406 e. The molecule has 0 spiro atoms. The van der Waals surface area contributed by atoms with Gasteiger partial charge in [0, 0.05) is 17.5 Å². The summed E-state index contributed by atoms with van der Waals surface area (Å²) in [6.45, 7) is 0. The van der Waals surface area contributed by atoms with Gasteiger partial charge in [-0.25, -0.2) is 0 Å². The van der Waals surface area contributed by atoms with Gasteiger partial charge in [-0.15, -0.1) is 13.2 Å². The largest absolute Gasteiger partial charge is 0.573 e. The fraction of sp³-hybridized carbons (Fsp3) is 0.500. The van der Waals surface area contributed by atoms with Crippen molar-refractivity contribution < 1.29 is 17.9 Å². The Hall–Kier alpha value is -1.04. The van der Waals surface area contributed by atoms with Crippen molar-refractivity contribution in [2.75, 3.05) is 16.8 Å². The molecule has 2 nitrogen and oxygen atoms in total. The molecule has 2 rings (SSSR count). The molecule has 1 unspecified atom stereocenters. The Morgan fingerprint density at radius 2 is 1.94 bits per heavy atom. The van der Waals surface area contributed by atoms with Crippen molar-refractivity contribution in [1.82, 2.24) is 0 Å². The lowest BCUT2D eigenvalue weighted by molar-refractivity contribution is -0.274. The Kier molecular flexibility index (Phi) is 4.27. The summed E-state index contributed by atoms with van der Waals surface area (Å²) in [5, 5.41) is 3.31. The highest BCUT2D eigenvalue weighted by Gasteiger charge is 2.30. The highest BCUT2D eigenvalue weighted by Crippen LogP contribution is 2.25. The molecule has 1 aromatic rings. The second-order valence-corrected chi connectivity index (χ2v) is 5.28. The van der Waals surface area contributed by atoms with Gasteiger partial charge in [0.25, 0.3) is 0 Å². The highest BCUT2D eigenvalue weighted by molar-refractivity contribution is 7.99. The molecule has 1 aliphatic heterocycles. The zero-order valence-corrected chi connectivity index (χ0v) is 10.5. The van der Waals surface area contributed by atoms with E-state index in [1.165, 1.54) is 24.3 Å². The van der Waals surface area contributed by atoms with Gasteiger partial charge in [-0.1, -0.05) is 0 Å². The van der Waals surface area contributed by atoms with Gasteiger partial charge in [-0.3, -0.25) is 0 Å². The number of nitrogens with one attached hydrogen (secondary N) is 1. The van der Waals surface area contributed by atoms with Gasteiger partial charge in [-0.2, -0.15) is 11.8 Å². The van der Waals surface area contributed by atoms with E-state index in [2.05, 4.69) is 10.1 Å². The van der Waals surface area contributed by atoms with Gasteiger partial charge in [0.05, 0.1) is 0 Å². The molecule has 6 heteroatoms. The molecule has 1 atom stereocenters. The first-order valence-corrected chi connectivity index (χ1v) is 6.88. The summed E-state index contributed by atoms with van der Waals surface area (Å²) in [7, 11) is 0. The van der Waals surface area contributed by atoms with Gasteiger partial charge >= 0.3 is 6.36 Å².